The van der Waals surface area contributed by atoms with Gasteiger partial charge in [0.25, 0.3) is 5.91 Å². The van der Waals surface area contributed by atoms with Crippen LogP contribution in [-0.4, -0.2) is 36.8 Å². The highest BCUT2D eigenvalue weighted by Gasteiger charge is 2.43. The quantitative estimate of drug-likeness (QED) is 0.890. The fraction of sp³-hybridized carbons (Fsp3) is 0.533. The van der Waals surface area contributed by atoms with Crippen molar-refractivity contribution in [3.63, 3.8) is 0 Å². The molecule has 3 rings (SSSR count). The molecule has 0 unspecified atom stereocenters. The van der Waals surface area contributed by atoms with Crippen LogP contribution in [0.15, 0.2) is 12.1 Å². The first-order chi connectivity index (χ1) is 10.3. The number of amides is 1. The molecule has 1 N–H and O–H groups in total. The van der Waals surface area contributed by atoms with E-state index >= 15 is 0 Å². The van der Waals surface area contributed by atoms with Crippen LogP contribution in [-0.2, 0) is 0 Å². The maximum atomic E-state index is 12.7. The predicted molar refractivity (Wildman–Crippen MR) is 81.1 cm³/mol. The highest BCUT2D eigenvalue weighted by molar-refractivity contribution is 6.02. The lowest BCUT2D eigenvalue weighted by atomic mass is 9.94. The third-order valence-electron chi connectivity index (χ3n) is 4.12. The van der Waals surface area contributed by atoms with Crippen molar-refractivity contribution >= 4 is 18.3 Å². The Hall–Kier alpha value is -1.47. The Labute approximate surface area is 138 Å². The van der Waals surface area contributed by atoms with E-state index in [4.69, 9.17) is 0 Å². The molecular formula is C15H18ClF3N2O2. The molecule has 4 nitrogen and oxygen atoms in total. The molecule has 1 fully saturated rings. The second kappa shape index (κ2) is 6.20. The van der Waals surface area contributed by atoms with Crippen LogP contribution in [0.25, 0.3) is 0 Å². The van der Waals surface area contributed by atoms with Crippen LogP contribution in [0.3, 0.4) is 0 Å². The summed E-state index contributed by atoms with van der Waals surface area (Å²) in [5.41, 5.74) is 1.41. The highest BCUT2D eigenvalue weighted by Crippen LogP contribution is 2.42. The van der Waals surface area contributed by atoms with Crippen LogP contribution >= 0.6 is 12.4 Å². The fourth-order valence-corrected chi connectivity index (χ4v) is 3.06. The van der Waals surface area contributed by atoms with Crippen LogP contribution in [0, 0.1) is 0 Å². The zero-order valence-corrected chi connectivity index (χ0v) is 13.6. The summed E-state index contributed by atoms with van der Waals surface area (Å²) in [6.07, 6.45) is -4.81. The highest BCUT2D eigenvalue weighted by atomic mass is 35.5. The molecule has 1 saturated heterocycles. The van der Waals surface area contributed by atoms with Crippen molar-refractivity contribution in [1.82, 2.24) is 10.2 Å². The van der Waals surface area contributed by atoms with Crippen LogP contribution < -0.4 is 10.1 Å². The van der Waals surface area contributed by atoms with Crippen molar-refractivity contribution < 1.29 is 22.7 Å². The zero-order chi connectivity index (χ0) is 16.1. The second-order valence-corrected chi connectivity index (χ2v) is 5.90. The predicted octanol–water partition coefficient (Wildman–Crippen LogP) is 3.23. The van der Waals surface area contributed by atoms with E-state index in [0.29, 0.717) is 25.2 Å². The summed E-state index contributed by atoms with van der Waals surface area (Å²) in [4.78, 5) is 14.1. The van der Waals surface area contributed by atoms with E-state index in [1.165, 1.54) is 6.07 Å². The number of hydrogen-bond donors (Lipinski definition) is 1. The SMILES string of the molecule is CC(C)c1cc(OC(F)(F)F)c2c(c1)[C@H]1CNCCN1C2=O.Cl. The van der Waals surface area contributed by atoms with Gasteiger partial charge >= 0.3 is 6.36 Å². The number of alkyl halides is 3. The Morgan fingerprint density at radius 3 is 2.65 bits per heavy atom. The maximum absolute atomic E-state index is 12.7. The van der Waals surface area contributed by atoms with Gasteiger partial charge in [-0.2, -0.15) is 0 Å². The maximum Gasteiger partial charge on any atom is 0.573 e. The lowest BCUT2D eigenvalue weighted by Crippen LogP contribution is -2.44. The molecule has 0 aliphatic carbocycles. The lowest BCUT2D eigenvalue weighted by molar-refractivity contribution is -0.274. The molecular weight excluding hydrogens is 333 g/mol. The Bertz CT molecular complexity index is 619. The van der Waals surface area contributed by atoms with Gasteiger partial charge in [-0.15, -0.1) is 25.6 Å². The number of carbonyl (C=O) groups is 1. The first-order valence-electron chi connectivity index (χ1n) is 7.23. The number of ether oxygens (including phenoxy) is 1. The van der Waals surface area contributed by atoms with Crippen molar-refractivity contribution in [2.75, 3.05) is 19.6 Å². The van der Waals surface area contributed by atoms with Crippen LogP contribution in [0.4, 0.5) is 13.2 Å². The third kappa shape index (κ3) is 3.26. The smallest absolute Gasteiger partial charge is 0.405 e. The summed E-state index contributed by atoms with van der Waals surface area (Å²) >= 11 is 0. The van der Waals surface area contributed by atoms with Gasteiger partial charge in [0.2, 0.25) is 0 Å². The average Bonchev–Trinajstić information content (AvgIpc) is 2.71. The molecule has 1 amide bonds. The first-order valence-corrected chi connectivity index (χ1v) is 7.23. The van der Waals surface area contributed by atoms with Gasteiger partial charge in [-0.25, -0.2) is 0 Å². The molecule has 2 aliphatic rings. The molecule has 1 aromatic rings. The summed E-state index contributed by atoms with van der Waals surface area (Å²) in [6, 6.07) is 2.95. The Morgan fingerprint density at radius 1 is 1.35 bits per heavy atom. The van der Waals surface area contributed by atoms with Crippen molar-refractivity contribution in [3.05, 3.63) is 28.8 Å². The number of rotatable bonds is 2. The van der Waals surface area contributed by atoms with Gasteiger partial charge in [0.15, 0.2) is 0 Å². The van der Waals surface area contributed by atoms with Gasteiger partial charge in [0, 0.05) is 19.6 Å². The number of benzene rings is 1. The molecule has 128 valence electrons. The number of halogens is 4. The number of fused-ring (bicyclic) bond motifs is 3. The van der Waals surface area contributed by atoms with Gasteiger partial charge in [-0.05, 0) is 23.1 Å². The molecule has 23 heavy (non-hydrogen) atoms. The monoisotopic (exact) mass is 350 g/mol. The Morgan fingerprint density at radius 2 is 2.04 bits per heavy atom. The van der Waals surface area contributed by atoms with E-state index in [1.807, 2.05) is 19.9 Å². The average molecular weight is 351 g/mol. The summed E-state index contributed by atoms with van der Waals surface area (Å²) in [5.74, 6) is -0.717. The van der Waals surface area contributed by atoms with Crippen molar-refractivity contribution in [2.45, 2.75) is 32.2 Å². The van der Waals surface area contributed by atoms with E-state index in [-0.39, 0.29) is 41.6 Å². The molecule has 0 spiro atoms. The van der Waals surface area contributed by atoms with Crippen LogP contribution in [0.1, 0.15) is 47.3 Å². The molecule has 1 atom stereocenters. The molecule has 8 heteroatoms. The number of carbonyl (C=O) groups excluding carboxylic acids is 1. The summed E-state index contributed by atoms with van der Waals surface area (Å²) in [7, 11) is 0. The molecule has 1 aromatic carbocycles. The lowest BCUT2D eigenvalue weighted by Gasteiger charge is -2.30. The van der Waals surface area contributed by atoms with E-state index in [0.717, 1.165) is 5.56 Å². The van der Waals surface area contributed by atoms with Crippen molar-refractivity contribution in [2.24, 2.45) is 0 Å². The van der Waals surface area contributed by atoms with Crippen molar-refractivity contribution in [1.29, 1.82) is 0 Å². The minimum Gasteiger partial charge on any atom is -0.405 e. The van der Waals surface area contributed by atoms with Crippen LogP contribution in [0.2, 0.25) is 0 Å². The minimum atomic E-state index is -4.81. The standard InChI is InChI=1S/C15H17F3N2O2.ClH/c1-8(2)9-5-10-11-7-19-3-4-20(11)14(21)13(10)12(6-9)22-15(16,17)18;/h5-6,8,11,19H,3-4,7H2,1-2H3;1H/t11-;/m1./s1. The zero-order valence-electron chi connectivity index (χ0n) is 12.7. The molecule has 0 aromatic heterocycles. The third-order valence-corrected chi connectivity index (χ3v) is 4.12. The Balaban J connectivity index is 0.00000192. The normalized spacial score (nSPS) is 20.2. The second-order valence-electron chi connectivity index (χ2n) is 5.90. The van der Waals surface area contributed by atoms with Gasteiger partial charge in [-0.3, -0.25) is 4.79 Å². The van der Waals surface area contributed by atoms with Crippen molar-refractivity contribution in [3.8, 4) is 5.75 Å². The van der Waals surface area contributed by atoms with Crippen LogP contribution in [0.5, 0.6) is 5.75 Å². The molecule has 0 radical (unpaired) electrons. The molecule has 2 aliphatic heterocycles. The van der Waals surface area contributed by atoms with E-state index < -0.39 is 6.36 Å². The summed E-state index contributed by atoms with van der Waals surface area (Å²) in [5, 5.41) is 3.18. The number of nitrogens with zero attached hydrogens (tertiary/aromatic N) is 1. The first kappa shape index (κ1) is 17.9. The van der Waals surface area contributed by atoms with E-state index in [2.05, 4.69) is 10.1 Å². The fourth-order valence-electron chi connectivity index (χ4n) is 3.06. The van der Waals surface area contributed by atoms with E-state index in [9.17, 15) is 18.0 Å². The van der Waals surface area contributed by atoms with Gasteiger partial charge in [-0.1, -0.05) is 19.9 Å². The Kier molecular flexibility index (Phi) is 4.82. The molecule has 2 heterocycles. The molecule has 0 bridgehead atoms. The largest absolute Gasteiger partial charge is 0.573 e. The number of piperazine rings is 1. The minimum absolute atomic E-state index is 0. The number of hydrogen-bond acceptors (Lipinski definition) is 3. The topological polar surface area (TPSA) is 41.6 Å². The summed E-state index contributed by atoms with van der Waals surface area (Å²) in [6.45, 7) is 5.47. The van der Waals surface area contributed by atoms with Gasteiger partial charge < -0.3 is 15.0 Å². The number of nitrogens with one attached hydrogen (secondary N) is 1. The van der Waals surface area contributed by atoms with E-state index in [1.54, 1.807) is 4.90 Å². The molecule has 0 saturated carbocycles. The van der Waals surface area contributed by atoms with Gasteiger partial charge in [0.05, 0.1) is 11.6 Å². The summed E-state index contributed by atoms with van der Waals surface area (Å²) < 4.78 is 42.2. The van der Waals surface area contributed by atoms with Gasteiger partial charge in [0.1, 0.15) is 5.75 Å².